The molecule has 0 amide bonds. The van der Waals surface area contributed by atoms with E-state index >= 15 is 0 Å². The van der Waals surface area contributed by atoms with Gasteiger partial charge in [0.05, 0.1) is 12.1 Å². The highest BCUT2D eigenvalue weighted by Crippen LogP contribution is 2.40. The second kappa shape index (κ2) is 10.3. The number of fused-ring (bicyclic) bond motifs is 1. The van der Waals surface area contributed by atoms with E-state index in [9.17, 15) is 4.79 Å². The van der Waals surface area contributed by atoms with Crippen molar-refractivity contribution in [2.45, 2.75) is 66.2 Å². The van der Waals surface area contributed by atoms with E-state index < -0.39 is 17.6 Å². The third-order valence-corrected chi connectivity index (χ3v) is 8.42. The number of nitrogens with two attached hydrogens (primary N) is 1. The Morgan fingerprint density at radius 3 is 2.32 bits per heavy atom. The fourth-order valence-electron chi connectivity index (χ4n) is 4.26. The number of carbonyl (C=O) groups is 1. The van der Waals surface area contributed by atoms with E-state index in [2.05, 4.69) is 18.2 Å². The van der Waals surface area contributed by atoms with E-state index in [0.717, 1.165) is 47.6 Å². The summed E-state index contributed by atoms with van der Waals surface area (Å²) in [7, 11) is 0. The summed E-state index contributed by atoms with van der Waals surface area (Å²) in [6.07, 6.45) is -0.0779. The zero-order valence-electron chi connectivity index (χ0n) is 22.1. The number of amidine groups is 2. The summed E-state index contributed by atoms with van der Waals surface area (Å²) < 4.78 is 5.56. The normalized spacial score (nSPS) is 15.8. The van der Waals surface area contributed by atoms with Crippen molar-refractivity contribution in [3.8, 4) is 10.4 Å². The molecule has 1 aliphatic heterocycles. The Morgan fingerprint density at radius 2 is 1.76 bits per heavy atom. The van der Waals surface area contributed by atoms with E-state index in [-0.39, 0.29) is 18.1 Å². The summed E-state index contributed by atoms with van der Waals surface area (Å²) in [5.41, 5.74) is 9.83. The molecule has 0 unspecified atom stereocenters. The molecule has 2 aromatic heterocycles. The second-order valence-corrected chi connectivity index (χ2v) is 12.5. The molecule has 7 nitrogen and oxygen atoms in total. The number of aliphatic imine (C=N–C) groups is 1. The molecule has 0 bridgehead atoms. The van der Waals surface area contributed by atoms with Crippen LogP contribution in [0.25, 0.3) is 10.4 Å². The molecule has 4 rings (SSSR count). The van der Waals surface area contributed by atoms with Crippen LogP contribution in [0.2, 0.25) is 0 Å². The fourth-order valence-corrected chi connectivity index (χ4v) is 6.37. The Labute approximate surface area is 226 Å². The monoisotopic (exact) mass is 535 g/mol. The van der Waals surface area contributed by atoms with Gasteiger partial charge in [-0.25, -0.2) is 0 Å². The quantitative estimate of drug-likeness (QED) is 0.202. The Hall–Kier alpha value is -3.14. The summed E-state index contributed by atoms with van der Waals surface area (Å²) in [4.78, 5) is 22.8. The van der Waals surface area contributed by atoms with E-state index in [1.165, 1.54) is 0 Å². The third-order valence-electron chi connectivity index (χ3n) is 6.07. The summed E-state index contributed by atoms with van der Waals surface area (Å²) in [6, 6.07) is 11.6. The summed E-state index contributed by atoms with van der Waals surface area (Å²) in [6.45, 7) is 11.7. The van der Waals surface area contributed by atoms with Crippen LogP contribution in [-0.4, -0.2) is 35.0 Å². The predicted molar refractivity (Wildman–Crippen MR) is 155 cm³/mol. The van der Waals surface area contributed by atoms with E-state index in [1.54, 1.807) is 34.5 Å². The van der Waals surface area contributed by atoms with E-state index in [4.69, 9.17) is 26.3 Å². The van der Waals surface area contributed by atoms with Crippen molar-refractivity contribution in [1.82, 2.24) is 0 Å². The van der Waals surface area contributed by atoms with Crippen LogP contribution in [0.15, 0.2) is 41.4 Å². The van der Waals surface area contributed by atoms with Gasteiger partial charge in [0.15, 0.2) is 0 Å². The van der Waals surface area contributed by atoms with Crippen LogP contribution in [-0.2, 0) is 16.1 Å². The van der Waals surface area contributed by atoms with Crippen LogP contribution in [0.5, 0.6) is 0 Å². The fraction of sp³-hybridized carbons (Fsp3) is 0.357. The lowest BCUT2D eigenvalue weighted by molar-refractivity contribution is -0.154. The maximum absolute atomic E-state index is 12.8. The van der Waals surface area contributed by atoms with Gasteiger partial charge in [0.25, 0.3) is 0 Å². The zero-order valence-corrected chi connectivity index (χ0v) is 23.7. The molecule has 4 N–H and O–H groups in total. The number of carbonyl (C=O) groups excluding carboxylic acids is 1. The molecular weight excluding hydrogens is 502 g/mol. The molecule has 0 spiro atoms. The van der Waals surface area contributed by atoms with Gasteiger partial charge in [0.2, 0.25) is 0 Å². The van der Waals surface area contributed by atoms with Crippen molar-refractivity contribution < 1.29 is 9.53 Å². The number of rotatable bonds is 5. The average Bonchev–Trinajstić information content (AvgIpc) is 3.37. The lowest BCUT2D eigenvalue weighted by atomic mass is 9.98. The topological polar surface area (TPSA) is 116 Å². The third kappa shape index (κ3) is 5.58. The molecule has 1 aliphatic rings. The molecule has 0 radical (unpaired) electrons. The molecule has 1 aromatic carbocycles. The number of benzene rings is 1. The van der Waals surface area contributed by atoms with Crippen LogP contribution < -0.4 is 10.6 Å². The van der Waals surface area contributed by atoms with E-state index in [0.29, 0.717) is 6.54 Å². The molecule has 0 fully saturated rings. The van der Waals surface area contributed by atoms with Gasteiger partial charge in [-0.3, -0.25) is 25.5 Å². The van der Waals surface area contributed by atoms with E-state index in [1.807, 2.05) is 52.8 Å². The van der Waals surface area contributed by atoms with Gasteiger partial charge in [-0.1, -0.05) is 24.3 Å². The summed E-state index contributed by atoms with van der Waals surface area (Å²) >= 11 is 3.22. The number of ether oxygens (including phenoxy) is 1. The maximum atomic E-state index is 12.8. The number of aryl methyl sites for hydroxylation is 1. The number of hydrogen-bond acceptors (Lipinski definition) is 8. The number of thiophene rings is 2. The van der Waals surface area contributed by atoms with Crippen LogP contribution >= 0.6 is 22.7 Å². The van der Waals surface area contributed by atoms with Gasteiger partial charge < -0.3 is 10.5 Å². The molecular formula is C28H33N5O2S2. The minimum atomic E-state index is -0.784. The molecule has 1 atom stereocenters. The molecule has 0 saturated carbocycles. The molecule has 3 heterocycles. The van der Waals surface area contributed by atoms with Gasteiger partial charge in [0.1, 0.15) is 28.3 Å². The number of nitrogens with zero attached hydrogens (tertiary/aromatic N) is 2. The average molecular weight is 536 g/mol. The summed E-state index contributed by atoms with van der Waals surface area (Å²) in [5.74, 6) is -0.114. The van der Waals surface area contributed by atoms with Gasteiger partial charge in [-0.2, -0.15) is 0 Å². The van der Waals surface area contributed by atoms with Crippen molar-refractivity contribution in [1.29, 1.82) is 10.8 Å². The smallest absolute Gasteiger partial charge is 0.308 e. The lowest BCUT2D eigenvalue weighted by Gasteiger charge is -2.25. The van der Waals surface area contributed by atoms with Crippen molar-refractivity contribution in [2.24, 2.45) is 10.7 Å². The molecule has 0 aliphatic carbocycles. The molecule has 0 saturated heterocycles. The first-order valence-corrected chi connectivity index (χ1v) is 13.8. The predicted octanol–water partition coefficient (Wildman–Crippen LogP) is 6.28. The van der Waals surface area contributed by atoms with Crippen LogP contribution in [0.3, 0.4) is 0 Å². The van der Waals surface area contributed by atoms with Crippen molar-refractivity contribution in [3.05, 3.63) is 62.8 Å². The van der Waals surface area contributed by atoms with Crippen LogP contribution in [0, 0.1) is 24.7 Å². The molecule has 194 valence electrons. The number of esters is 1. The first kappa shape index (κ1) is 26.9. The lowest BCUT2D eigenvalue weighted by Crippen LogP contribution is -2.41. The maximum Gasteiger partial charge on any atom is 0.308 e. The summed E-state index contributed by atoms with van der Waals surface area (Å²) in [5, 5.41) is 18.3. The number of nitrogens with one attached hydrogen (secondary N) is 2. The number of anilines is 1. The Bertz CT molecular complexity index is 1390. The zero-order chi connectivity index (χ0) is 27.1. The minimum absolute atomic E-state index is 0.0779. The first-order valence-electron chi connectivity index (χ1n) is 12.1. The highest BCUT2D eigenvalue weighted by atomic mass is 32.1. The highest BCUT2D eigenvalue weighted by Gasteiger charge is 2.35. The van der Waals surface area contributed by atoms with Gasteiger partial charge >= 0.3 is 5.97 Å². The Morgan fingerprint density at radius 1 is 1.11 bits per heavy atom. The standard InChI is InChI=1S/C28H33N5O2S2/c1-15-16(2)36-27-24(15)25(19-9-7-18(8-10-19)22-12-11-20(14-29)37-22)32-21(26(31)33(27)17(3)30)13-23(34)35-28(4,5)6/h7-12,21,30-31H,13-14,29H2,1-6H3/t21-/m0/s1. The Kier molecular flexibility index (Phi) is 7.50. The van der Waals surface area contributed by atoms with Crippen LogP contribution in [0.1, 0.15) is 60.6 Å². The van der Waals surface area contributed by atoms with Gasteiger partial charge in [-0.05, 0) is 64.8 Å². The van der Waals surface area contributed by atoms with Crippen molar-refractivity contribution in [3.63, 3.8) is 0 Å². The van der Waals surface area contributed by atoms with Crippen molar-refractivity contribution >= 4 is 51.0 Å². The van der Waals surface area contributed by atoms with Gasteiger partial charge in [-0.15, -0.1) is 22.7 Å². The van der Waals surface area contributed by atoms with Crippen LogP contribution in [0.4, 0.5) is 5.00 Å². The first-order chi connectivity index (χ1) is 17.4. The molecule has 37 heavy (non-hydrogen) atoms. The SMILES string of the molecule is CC(=N)N1C(=N)[C@H](CC(=O)OC(C)(C)C)N=C(c2ccc(-c3ccc(CN)s3)cc2)c2c1sc(C)c2C. The van der Waals surface area contributed by atoms with Gasteiger partial charge in [0, 0.05) is 32.3 Å². The molecule has 3 aromatic rings. The number of hydrogen-bond donors (Lipinski definition) is 3. The minimum Gasteiger partial charge on any atom is -0.460 e. The van der Waals surface area contributed by atoms with Crippen molar-refractivity contribution in [2.75, 3.05) is 4.90 Å². The molecule has 9 heteroatoms. The largest absolute Gasteiger partial charge is 0.460 e. The Balaban J connectivity index is 1.82. The highest BCUT2D eigenvalue weighted by molar-refractivity contribution is 7.17. The second-order valence-electron chi connectivity index (χ2n) is 10.1.